The zero-order valence-electron chi connectivity index (χ0n) is 19.3. The highest BCUT2D eigenvalue weighted by Crippen LogP contribution is 2.37. The van der Waals surface area contributed by atoms with E-state index in [9.17, 15) is 14.4 Å². The highest BCUT2D eigenvalue weighted by molar-refractivity contribution is 7.09. The Labute approximate surface area is 201 Å². The van der Waals surface area contributed by atoms with Crippen LogP contribution in [0.5, 0.6) is 5.75 Å². The molecule has 1 aromatic heterocycles. The summed E-state index contributed by atoms with van der Waals surface area (Å²) in [6.07, 6.45) is -0.929. The number of carbonyl (C=O) groups is 3. The second-order valence-corrected chi connectivity index (χ2v) is 9.26. The van der Waals surface area contributed by atoms with Gasteiger partial charge in [0.05, 0.1) is 28.1 Å². The van der Waals surface area contributed by atoms with Crippen LogP contribution in [0.25, 0.3) is 11.3 Å². The smallest absolute Gasteiger partial charge is 0.338 e. The maximum atomic E-state index is 12.9. The molecule has 2 amide bonds. The summed E-state index contributed by atoms with van der Waals surface area (Å²) in [4.78, 5) is 43.6. The lowest BCUT2D eigenvalue weighted by molar-refractivity contribution is -0.127. The number of ether oxygens (including phenoxy) is 2. The minimum absolute atomic E-state index is 0.184. The number of nitrogens with zero attached hydrogens (tertiary/aromatic N) is 2. The predicted molar refractivity (Wildman–Crippen MR) is 130 cm³/mol. The normalized spacial score (nSPS) is 15.0. The van der Waals surface area contributed by atoms with Crippen molar-refractivity contribution in [1.29, 1.82) is 0 Å². The fourth-order valence-electron chi connectivity index (χ4n) is 3.54. The molecule has 9 heteroatoms. The second kappa shape index (κ2) is 9.64. The van der Waals surface area contributed by atoms with E-state index in [-0.39, 0.29) is 24.5 Å². The number of nitrogens with one attached hydrogen (secondary N) is 1. The first-order valence-electron chi connectivity index (χ1n) is 10.9. The lowest BCUT2D eigenvalue weighted by Gasteiger charge is -2.32. The van der Waals surface area contributed by atoms with Crippen molar-refractivity contribution in [3.8, 4) is 17.0 Å². The molecule has 2 heterocycles. The molecule has 0 spiro atoms. The summed E-state index contributed by atoms with van der Waals surface area (Å²) < 4.78 is 10.9. The van der Waals surface area contributed by atoms with E-state index >= 15 is 0 Å². The Bertz CT molecular complexity index is 1240. The van der Waals surface area contributed by atoms with E-state index in [1.807, 2.05) is 24.4 Å². The van der Waals surface area contributed by atoms with Crippen molar-refractivity contribution in [2.24, 2.45) is 0 Å². The van der Waals surface area contributed by atoms with Crippen molar-refractivity contribution in [2.45, 2.75) is 39.9 Å². The monoisotopic (exact) mass is 479 g/mol. The van der Waals surface area contributed by atoms with E-state index in [1.165, 1.54) is 16.2 Å². The topological polar surface area (TPSA) is 97.8 Å². The molecule has 176 valence electrons. The van der Waals surface area contributed by atoms with Gasteiger partial charge >= 0.3 is 5.97 Å². The molecule has 1 unspecified atom stereocenters. The summed E-state index contributed by atoms with van der Waals surface area (Å²) in [5.74, 6) is -0.575. The van der Waals surface area contributed by atoms with Gasteiger partial charge in [-0.3, -0.25) is 14.5 Å². The Morgan fingerprint density at radius 1 is 1.21 bits per heavy atom. The van der Waals surface area contributed by atoms with E-state index < -0.39 is 12.1 Å². The molecule has 0 aliphatic carbocycles. The van der Waals surface area contributed by atoms with Gasteiger partial charge in [-0.2, -0.15) is 0 Å². The molecule has 1 aliphatic heterocycles. The quantitative estimate of drug-likeness (QED) is 0.525. The van der Waals surface area contributed by atoms with E-state index in [0.717, 1.165) is 16.3 Å². The fraction of sp³-hybridized carbons (Fsp3) is 0.280. The number of aryl methyl sites for hydroxylation is 1. The Morgan fingerprint density at radius 3 is 2.59 bits per heavy atom. The average molecular weight is 480 g/mol. The number of hydrogen-bond acceptors (Lipinski definition) is 7. The van der Waals surface area contributed by atoms with E-state index in [1.54, 1.807) is 51.1 Å². The Kier molecular flexibility index (Phi) is 6.65. The Balaban J connectivity index is 1.51. The number of thiazole rings is 1. The molecule has 1 atom stereocenters. The van der Waals surface area contributed by atoms with Crippen LogP contribution in [-0.2, 0) is 14.3 Å². The van der Waals surface area contributed by atoms with Crippen molar-refractivity contribution in [2.75, 3.05) is 16.8 Å². The van der Waals surface area contributed by atoms with Crippen LogP contribution in [0.2, 0.25) is 0 Å². The summed E-state index contributed by atoms with van der Waals surface area (Å²) in [5.41, 5.74) is 3.06. The van der Waals surface area contributed by atoms with E-state index in [2.05, 4.69) is 10.3 Å². The van der Waals surface area contributed by atoms with Crippen molar-refractivity contribution in [3.63, 3.8) is 0 Å². The van der Waals surface area contributed by atoms with Crippen LogP contribution in [0.3, 0.4) is 0 Å². The molecule has 8 nitrogen and oxygen atoms in total. The van der Waals surface area contributed by atoms with Gasteiger partial charge in [0.1, 0.15) is 12.3 Å². The number of carbonyl (C=O) groups excluding carboxylic acids is 3. The van der Waals surface area contributed by atoms with Crippen molar-refractivity contribution in [3.05, 3.63) is 58.4 Å². The molecule has 4 rings (SSSR count). The van der Waals surface area contributed by atoms with Crippen LogP contribution in [0.1, 0.15) is 36.1 Å². The third-order valence-corrected chi connectivity index (χ3v) is 5.90. The molecule has 1 N–H and O–H groups in total. The summed E-state index contributed by atoms with van der Waals surface area (Å²) in [5, 5.41) is 5.66. The number of hydrogen-bond donors (Lipinski definition) is 1. The zero-order valence-corrected chi connectivity index (χ0v) is 20.1. The molecule has 1 aliphatic rings. The number of anilines is 2. The molecule has 0 bridgehead atoms. The number of amides is 2. The van der Waals surface area contributed by atoms with Crippen molar-refractivity contribution in [1.82, 2.24) is 4.98 Å². The number of aromatic nitrogens is 1. The lowest BCUT2D eigenvalue weighted by Crippen LogP contribution is -2.47. The molecule has 2 aromatic carbocycles. The number of esters is 1. The molecule has 3 aromatic rings. The third kappa shape index (κ3) is 5.09. The Hall–Kier alpha value is -3.72. The van der Waals surface area contributed by atoms with Gasteiger partial charge in [-0.05, 0) is 70.2 Å². The van der Waals surface area contributed by atoms with Gasteiger partial charge < -0.3 is 14.8 Å². The summed E-state index contributed by atoms with van der Waals surface area (Å²) in [6, 6.07) is 11.9. The fourth-order valence-corrected chi connectivity index (χ4v) is 4.16. The number of fused-ring (bicyclic) bond motifs is 1. The van der Waals surface area contributed by atoms with E-state index in [4.69, 9.17) is 9.47 Å². The van der Waals surface area contributed by atoms with Crippen LogP contribution in [-0.4, -0.2) is 41.5 Å². The molecular weight excluding hydrogens is 454 g/mol. The van der Waals surface area contributed by atoms with Crippen LogP contribution < -0.4 is 15.0 Å². The lowest BCUT2D eigenvalue weighted by atomic mass is 10.1. The standard InChI is InChI=1S/C25H25N3O5S/c1-14(2)32-25(31)17-5-8-19(9-6-17)27-23(29)12-28-21-11-18(20-13-34-16(4)26-20)7-10-22(21)33-15(3)24(28)30/h5-11,13-15H,12H2,1-4H3,(H,27,29). The van der Waals surface area contributed by atoms with Crippen molar-refractivity contribution >= 4 is 40.5 Å². The summed E-state index contributed by atoms with van der Waals surface area (Å²) in [6.45, 7) is 6.95. The third-order valence-electron chi connectivity index (χ3n) is 5.13. The van der Waals surface area contributed by atoms with Gasteiger partial charge in [0.25, 0.3) is 5.91 Å². The first kappa shape index (κ1) is 23.4. The second-order valence-electron chi connectivity index (χ2n) is 8.20. The summed E-state index contributed by atoms with van der Waals surface area (Å²) in [7, 11) is 0. The number of benzene rings is 2. The predicted octanol–water partition coefficient (Wildman–Crippen LogP) is 4.44. The molecule has 34 heavy (non-hydrogen) atoms. The van der Waals surface area contributed by atoms with Crippen LogP contribution in [0.15, 0.2) is 47.8 Å². The summed E-state index contributed by atoms with van der Waals surface area (Å²) >= 11 is 1.54. The van der Waals surface area contributed by atoms with Crippen LogP contribution in [0.4, 0.5) is 11.4 Å². The van der Waals surface area contributed by atoms with Crippen LogP contribution in [0, 0.1) is 6.92 Å². The highest BCUT2D eigenvalue weighted by atomic mass is 32.1. The minimum Gasteiger partial charge on any atom is -0.479 e. The average Bonchev–Trinajstić information content (AvgIpc) is 3.23. The molecular formula is C25H25N3O5S. The van der Waals surface area contributed by atoms with Crippen molar-refractivity contribution < 1.29 is 23.9 Å². The SMILES string of the molecule is Cc1nc(-c2ccc3c(c2)N(CC(=O)Nc2ccc(C(=O)OC(C)C)cc2)C(=O)C(C)O3)cs1. The minimum atomic E-state index is -0.709. The maximum absolute atomic E-state index is 12.9. The number of rotatable bonds is 6. The first-order chi connectivity index (χ1) is 16.2. The van der Waals surface area contributed by atoms with Gasteiger partial charge in [-0.25, -0.2) is 9.78 Å². The first-order valence-corrected chi connectivity index (χ1v) is 11.7. The Morgan fingerprint density at radius 2 is 1.94 bits per heavy atom. The largest absolute Gasteiger partial charge is 0.479 e. The highest BCUT2D eigenvalue weighted by Gasteiger charge is 2.33. The molecule has 0 fully saturated rings. The maximum Gasteiger partial charge on any atom is 0.338 e. The van der Waals surface area contributed by atoms with Gasteiger partial charge in [0, 0.05) is 16.6 Å². The molecule has 0 saturated heterocycles. The van der Waals surface area contributed by atoms with E-state index in [0.29, 0.717) is 22.7 Å². The zero-order chi connectivity index (χ0) is 24.4. The van der Waals surface area contributed by atoms with Gasteiger partial charge in [0.15, 0.2) is 6.10 Å². The van der Waals surface area contributed by atoms with Gasteiger partial charge in [-0.15, -0.1) is 11.3 Å². The molecule has 0 radical (unpaired) electrons. The van der Waals surface area contributed by atoms with Crippen LogP contribution >= 0.6 is 11.3 Å². The molecule has 0 saturated carbocycles. The van der Waals surface area contributed by atoms with Gasteiger partial charge in [0.2, 0.25) is 5.91 Å². The van der Waals surface area contributed by atoms with Gasteiger partial charge in [-0.1, -0.05) is 0 Å².